The van der Waals surface area contributed by atoms with Gasteiger partial charge in [0.25, 0.3) is 0 Å². The van der Waals surface area contributed by atoms with Gasteiger partial charge in [-0.3, -0.25) is 0 Å². The maximum atomic E-state index is 12.9. The van der Waals surface area contributed by atoms with Crippen LogP contribution in [0.3, 0.4) is 0 Å². The number of pyridine rings is 1. The minimum absolute atomic E-state index is 0.331. The van der Waals surface area contributed by atoms with Gasteiger partial charge in [-0.15, -0.1) is 13.2 Å². The van der Waals surface area contributed by atoms with Crippen molar-refractivity contribution in [1.82, 2.24) is 4.98 Å². The van der Waals surface area contributed by atoms with Gasteiger partial charge in [0.15, 0.2) is 0 Å². The van der Waals surface area contributed by atoms with Gasteiger partial charge >= 0.3 is 6.36 Å². The molecule has 0 aliphatic heterocycles. The first-order valence-corrected chi connectivity index (χ1v) is 4.93. The van der Waals surface area contributed by atoms with Crippen LogP contribution >= 0.6 is 0 Å². The lowest BCUT2D eigenvalue weighted by atomic mass is 10.1. The molecule has 1 aromatic heterocycles. The van der Waals surface area contributed by atoms with E-state index in [0.29, 0.717) is 11.3 Å². The summed E-state index contributed by atoms with van der Waals surface area (Å²) in [6, 6.07) is 9.27. The van der Waals surface area contributed by atoms with E-state index in [1.807, 2.05) is 0 Å². The highest BCUT2D eigenvalue weighted by Gasteiger charge is 2.30. The molecule has 0 fully saturated rings. The van der Waals surface area contributed by atoms with Gasteiger partial charge in [0.1, 0.15) is 5.75 Å². The number of nitrogens with zero attached hydrogens (tertiary/aromatic N) is 1. The van der Waals surface area contributed by atoms with Gasteiger partial charge in [-0.1, -0.05) is 6.07 Å². The van der Waals surface area contributed by atoms with Gasteiger partial charge in [0.05, 0.1) is 5.69 Å². The highest BCUT2D eigenvalue weighted by Crippen LogP contribution is 2.25. The summed E-state index contributed by atoms with van der Waals surface area (Å²) in [6.07, 6.45) is -4.72. The van der Waals surface area contributed by atoms with Crippen LogP contribution in [-0.2, 0) is 0 Å². The minimum Gasteiger partial charge on any atom is -0.406 e. The summed E-state index contributed by atoms with van der Waals surface area (Å²) >= 11 is 0. The Balaban J connectivity index is 2.22. The monoisotopic (exact) mass is 257 g/mol. The fraction of sp³-hybridized carbons (Fsp3) is 0.0833. The Bertz CT molecular complexity index is 537. The third kappa shape index (κ3) is 3.19. The lowest BCUT2D eigenvalue weighted by Gasteiger charge is -2.09. The van der Waals surface area contributed by atoms with Crippen molar-refractivity contribution in [2.45, 2.75) is 6.36 Å². The number of rotatable bonds is 2. The Hall–Kier alpha value is -2.11. The lowest BCUT2D eigenvalue weighted by molar-refractivity contribution is -0.274. The van der Waals surface area contributed by atoms with Crippen LogP contribution in [0.25, 0.3) is 11.3 Å². The van der Waals surface area contributed by atoms with Gasteiger partial charge in [0, 0.05) is 5.56 Å². The second kappa shape index (κ2) is 4.64. The van der Waals surface area contributed by atoms with Gasteiger partial charge in [0.2, 0.25) is 5.95 Å². The van der Waals surface area contributed by atoms with Gasteiger partial charge in [-0.25, -0.2) is 4.98 Å². The van der Waals surface area contributed by atoms with Crippen molar-refractivity contribution in [3.05, 3.63) is 48.4 Å². The number of hydrogen-bond donors (Lipinski definition) is 0. The van der Waals surface area contributed by atoms with Crippen molar-refractivity contribution in [1.29, 1.82) is 0 Å². The molecule has 6 heteroatoms. The first kappa shape index (κ1) is 12.3. The highest BCUT2D eigenvalue weighted by atomic mass is 19.4. The maximum Gasteiger partial charge on any atom is 0.573 e. The molecular weight excluding hydrogens is 250 g/mol. The minimum atomic E-state index is -4.72. The fourth-order valence-electron chi connectivity index (χ4n) is 1.40. The number of benzene rings is 1. The van der Waals surface area contributed by atoms with Crippen LogP contribution in [0, 0.1) is 5.95 Å². The summed E-state index contributed by atoms with van der Waals surface area (Å²) in [4.78, 5) is 3.62. The average molecular weight is 257 g/mol. The summed E-state index contributed by atoms with van der Waals surface area (Å²) in [7, 11) is 0. The van der Waals surface area contributed by atoms with Crippen molar-refractivity contribution in [3.63, 3.8) is 0 Å². The molecule has 0 atom stereocenters. The SMILES string of the molecule is Fc1cccc(-c2ccc(OC(F)(F)F)cc2)n1. The first-order valence-electron chi connectivity index (χ1n) is 4.93. The zero-order valence-electron chi connectivity index (χ0n) is 8.91. The van der Waals surface area contributed by atoms with Crippen LogP contribution in [0.5, 0.6) is 5.75 Å². The van der Waals surface area contributed by atoms with E-state index in [1.54, 1.807) is 6.07 Å². The van der Waals surface area contributed by atoms with E-state index in [0.717, 1.165) is 12.1 Å². The van der Waals surface area contributed by atoms with Gasteiger partial charge in [-0.2, -0.15) is 4.39 Å². The summed E-state index contributed by atoms with van der Waals surface area (Å²) < 4.78 is 52.4. The van der Waals surface area contributed by atoms with E-state index in [4.69, 9.17) is 0 Å². The largest absolute Gasteiger partial charge is 0.573 e. The second-order valence-corrected chi connectivity index (χ2v) is 3.42. The zero-order valence-corrected chi connectivity index (χ0v) is 8.91. The van der Waals surface area contributed by atoms with E-state index in [2.05, 4.69) is 9.72 Å². The molecule has 0 unspecified atom stereocenters. The predicted molar refractivity (Wildman–Crippen MR) is 56.3 cm³/mol. The molecule has 2 aromatic rings. The Kier molecular flexibility index (Phi) is 3.18. The molecule has 0 amide bonds. The molecule has 18 heavy (non-hydrogen) atoms. The number of aromatic nitrogens is 1. The standard InChI is InChI=1S/C12H7F4NO/c13-11-3-1-2-10(17-11)8-4-6-9(7-5-8)18-12(14,15)16/h1-7H. The van der Waals surface area contributed by atoms with Crippen molar-refractivity contribution < 1.29 is 22.3 Å². The molecule has 0 bridgehead atoms. The quantitative estimate of drug-likeness (QED) is 0.603. The fourth-order valence-corrected chi connectivity index (χ4v) is 1.40. The average Bonchev–Trinajstić information content (AvgIpc) is 2.28. The summed E-state index contributed by atoms with van der Waals surface area (Å²) in [5.74, 6) is -0.981. The molecule has 0 saturated heterocycles. The van der Waals surface area contributed by atoms with Crippen molar-refractivity contribution in [2.24, 2.45) is 0 Å². The molecule has 1 heterocycles. The molecule has 0 aliphatic carbocycles. The third-order valence-electron chi connectivity index (χ3n) is 2.10. The van der Waals surface area contributed by atoms with Crippen LogP contribution in [0.2, 0.25) is 0 Å². The topological polar surface area (TPSA) is 22.1 Å². The van der Waals surface area contributed by atoms with Crippen molar-refractivity contribution in [2.75, 3.05) is 0 Å². The maximum absolute atomic E-state index is 12.9. The molecule has 0 aliphatic rings. The van der Waals surface area contributed by atoms with Crippen LogP contribution < -0.4 is 4.74 Å². The molecule has 1 aromatic carbocycles. The number of hydrogen-bond acceptors (Lipinski definition) is 2. The van der Waals surface area contributed by atoms with Crippen LogP contribution in [-0.4, -0.2) is 11.3 Å². The van der Waals surface area contributed by atoms with Crippen LogP contribution in [0.15, 0.2) is 42.5 Å². The smallest absolute Gasteiger partial charge is 0.406 e. The zero-order chi connectivity index (χ0) is 13.2. The van der Waals surface area contributed by atoms with Gasteiger partial charge in [-0.05, 0) is 36.4 Å². The Labute approximate surface area is 99.8 Å². The van der Waals surface area contributed by atoms with Crippen molar-refractivity contribution >= 4 is 0 Å². The van der Waals surface area contributed by atoms with Crippen LogP contribution in [0.4, 0.5) is 17.6 Å². The molecular formula is C12H7F4NO. The highest BCUT2D eigenvalue weighted by molar-refractivity contribution is 5.59. The van der Waals surface area contributed by atoms with E-state index in [1.165, 1.54) is 24.3 Å². The Morgan fingerprint density at radius 2 is 1.61 bits per heavy atom. The number of alkyl halides is 3. The number of ether oxygens (including phenoxy) is 1. The molecule has 2 rings (SSSR count). The van der Waals surface area contributed by atoms with E-state index < -0.39 is 12.3 Å². The normalized spacial score (nSPS) is 11.3. The molecule has 94 valence electrons. The summed E-state index contributed by atoms with van der Waals surface area (Å²) in [5, 5.41) is 0. The van der Waals surface area contributed by atoms with Crippen molar-refractivity contribution in [3.8, 4) is 17.0 Å². The molecule has 0 N–H and O–H groups in total. The van der Waals surface area contributed by atoms with E-state index in [-0.39, 0.29) is 5.75 Å². The summed E-state index contributed by atoms with van der Waals surface area (Å²) in [6.45, 7) is 0. The van der Waals surface area contributed by atoms with Gasteiger partial charge < -0.3 is 4.74 Å². The Morgan fingerprint density at radius 1 is 0.944 bits per heavy atom. The molecule has 2 nitrogen and oxygen atoms in total. The van der Waals surface area contributed by atoms with E-state index >= 15 is 0 Å². The molecule has 0 radical (unpaired) electrons. The van der Waals surface area contributed by atoms with Crippen LogP contribution in [0.1, 0.15) is 0 Å². The first-order chi connectivity index (χ1) is 8.44. The Morgan fingerprint density at radius 3 is 2.17 bits per heavy atom. The molecule has 0 saturated carbocycles. The van der Waals surface area contributed by atoms with E-state index in [9.17, 15) is 17.6 Å². The third-order valence-corrected chi connectivity index (χ3v) is 2.10. The predicted octanol–water partition coefficient (Wildman–Crippen LogP) is 3.79. The number of halogens is 4. The second-order valence-electron chi connectivity index (χ2n) is 3.42. The summed E-state index contributed by atoms with van der Waals surface area (Å²) in [5.41, 5.74) is 0.845. The lowest BCUT2D eigenvalue weighted by Crippen LogP contribution is -2.16. The molecule has 0 spiro atoms.